The number of hydrogen-bond acceptors (Lipinski definition) is 6. The summed E-state index contributed by atoms with van der Waals surface area (Å²) in [5, 5.41) is 0.515. The van der Waals surface area contributed by atoms with E-state index < -0.39 is 5.97 Å². The van der Waals surface area contributed by atoms with E-state index in [1.807, 2.05) is 18.2 Å². The normalized spacial score (nSPS) is 22.6. The Morgan fingerprint density at radius 2 is 1.84 bits per heavy atom. The van der Waals surface area contributed by atoms with Crippen molar-refractivity contribution >= 4 is 28.9 Å². The van der Waals surface area contributed by atoms with Crippen molar-refractivity contribution in [2.45, 2.75) is 31.5 Å². The van der Waals surface area contributed by atoms with Gasteiger partial charge in [0.25, 0.3) is 0 Å². The van der Waals surface area contributed by atoms with Gasteiger partial charge in [0, 0.05) is 17.0 Å². The summed E-state index contributed by atoms with van der Waals surface area (Å²) < 4.78 is 22.0. The van der Waals surface area contributed by atoms with Crippen LogP contribution in [0, 0.1) is 5.92 Å². The molecule has 162 valence electrons. The van der Waals surface area contributed by atoms with Gasteiger partial charge in [-0.15, -0.1) is 0 Å². The number of halogens is 1. The first-order valence-corrected chi connectivity index (χ1v) is 10.5. The van der Waals surface area contributed by atoms with E-state index in [4.69, 9.17) is 30.5 Å². The van der Waals surface area contributed by atoms with E-state index in [1.165, 1.54) is 20.5 Å². The topological polar surface area (TPSA) is 71.1 Å². The van der Waals surface area contributed by atoms with Crippen LogP contribution in [0.5, 0.6) is 11.5 Å². The predicted octanol–water partition coefficient (Wildman–Crippen LogP) is 4.69. The molecule has 31 heavy (non-hydrogen) atoms. The molecule has 0 aromatic heterocycles. The van der Waals surface area contributed by atoms with Crippen LogP contribution in [0.3, 0.4) is 0 Å². The SMILES string of the molecule is COc1ccc(C(=O)OC2CCC3C(=O)C(c4ccccc4Cl)=COC3C2)cc1OC. The van der Waals surface area contributed by atoms with Crippen molar-refractivity contribution in [2.24, 2.45) is 5.92 Å². The van der Waals surface area contributed by atoms with Crippen LogP contribution in [0.25, 0.3) is 5.57 Å². The van der Waals surface area contributed by atoms with Crippen LogP contribution < -0.4 is 9.47 Å². The molecule has 4 rings (SSSR count). The van der Waals surface area contributed by atoms with Crippen LogP contribution >= 0.6 is 11.6 Å². The van der Waals surface area contributed by atoms with Crippen LogP contribution in [0.1, 0.15) is 35.2 Å². The summed E-state index contributed by atoms with van der Waals surface area (Å²) in [6, 6.07) is 12.1. The molecule has 3 atom stereocenters. The van der Waals surface area contributed by atoms with E-state index >= 15 is 0 Å². The quantitative estimate of drug-likeness (QED) is 0.625. The van der Waals surface area contributed by atoms with Crippen LogP contribution in [0.2, 0.25) is 5.02 Å². The fourth-order valence-corrected chi connectivity index (χ4v) is 4.36. The van der Waals surface area contributed by atoms with E-state index in [9.17, 15) is 9.59 Å². The van der Waals surface area contributed by atoms with Gasteiger partial charge in [-0.05, 0) is 37.1 Å². The number of carbonyl (C=O) groups excluding carboxylic acids is 2. The van der Waals surface area contributed by atoms with Gasteiger partial charge >= 0.3 is 5.97 Å². The molecule has 0 bridgehead atoms. The summed E-state index contributed by atoms with van der Waals surface area (Å²) in [4.78, 5) is 25.7. The van der Waals surface area contributed by atoms with E-state index in [0.29, 0.717) is 52.5 Å². The zero-order chi connectivity index (χ0) is 22.0. The number of Topliss-reactive ketones (excluding diaryl/α,β-unsaturated/α-hetero) is 1. The second-order valence-corrected chi connectivity index (χ2v) is 7.97. The van der Waals surface area contributed by atoms with Gasteiger partial charge < -0.3 is 18.9 Å². The molecule has 0 saturated heterocycles. The first-order chi connectivity index (χ1) is 15.0. The minimum Gasteiger partial charge on any atom is -0.496 e. The summed E-state index contributed by atoms with van der Waals surface area (Å²) in [6.07, 6.45) is 2.46. The van der Waals surface area contributed by atoms with Crippen molar-refractivity contribution in [3.8, 4) is 11.5 Å². The summed E-state index contributed by atoms with van der Waals surface area (Å²) in [7, 11) is 3.04. The number of carbonyl (C=O) groups is 2. The van der Waals surface area contributed by atoms with E-state index in [2.05, 4.69) is 0 Å². The Morgan fingerprint density at radius 3 is 2.58 bits per heavy atom. The first kappa shape index (κ1) is 21.2. The van der Waals surface area contributed by atoms with Crippen molar-refractivity contribution in [3.63, 3.8) is 0 Å². The summed E-state index contributed by atoms with van der Waals surface area (Å²) in [5.41, 5.74) is 1.54. The maximum atomic E-state index is 13.1. The minimum atomic E-state index is -0.446. The van der Waals surface area contributed by atoms with Gasteiger partial charge in [-0.2, -0.15) is 0 Å². The molecule has 1 fully saturated rings. The molecule has 0 spiro atoms. The fourth-order valence-electron chi connectivity index (χ4n) is 4.12. The fraction of sp³-hybridized carbons (Fsp3) is 0.333. The Bertz CT molecular complexity index is 1030. The monoisotopic (exact) mass is 442 g/mol. The van der Waals surface area contributed by atoms with E-state index in [1.54, 1.807) is 24.3 Å². The largest absolute Gasteiger partial charge is 0.496 e. The van der Waals surface area contributed by atoms with Gasteiger partial charge in [0.05, 0.1) is 37.5 Å². The Morgan fingerprint density at radius 1 is 1.06 bits per heavy atom. The number of ketones is 1. The number of fused-ring (bicyclic) bond motifs is 1. The molecule has 2 aromatic rings. The Balaban J connectivity index is 1.44. The zero-order valence-electron chi connectivity index (χ0n) is 17.3. The van der Waals surface area contributed by atoms with Crippen LogP contribution in [-0.4, -0.2) is 38.2 Å². The lowest BCUT2D eigenvalue weighted by molar-refractivity contribution is -0.126. The summed E-state index contributed by atoms with van der Waals surface area (Å²) in [6.45, 7) is 0. The van der Waals surface area contributed by atoms with Gasteiger partial charge in [0.2, 0.25) is 0 Å². The molecule has 3 unspecified atom stereocenters. The lowest BCUT2D eigenvalue weighted by Crippen LogP contribution is -2.42. The average Bonchev–Trinajstić information content (AvgIpc) is 2.79. The molecule has 2 aromatic carbocycles. The molecule has 7 heteroatoms. The van der Waals surface area contributed by atoms with Crippen molar-refractivity contribution in [1.82, 2.24) is 0 Å². The van der Waals surface area contributed by atoms with Gasteiger partial charge in [-0.1, -0.05) is 29.8 Å². The highest BCUT2D eigenvalue weighted by atomic mass is 35.5. The highest BCUT2D eigenvalue weighted by Gasteiger charge is 2.41. The molecule has 1 aliphatic heterocycles. The molecule has 1 aliphatic carbocycles. The maximum Gasteiger partial charge on any atom is 0.338 e. The Kier molecular flexibility index (Phi) is 6.18. The molecule has 6 nitrogen and oxygen atoms in total. The highest BCUT2D eigenvalue weighted by molar-refractivity contribution is 6.35. The number of rotatable bonds is 5. The number of hydrogen-bond donors (Lipinski definition) is 0. The number of methoxy groups -OCH3 is 2. The molecule has 2 aliphatic rings. The lowest BCUT2D eigenvalue weighted by Gasteiger charge is -2.37. The van der Waals surface area contributed by atoms with Gasteiger partial charge in [-0.3, -0.25) is 4.79 Å². The molecule has 1 saturated carbocycles. The highest BCUT2D eigenvalue weighted by Crippen LogP contribution is 2.39. The minimum absolute atomic E-state index is 0.0222. The second-order valence-electron chi connectivity index (χ2n) is 7.57. The third kappa shape index (κ3) is 4.26. The maximum absolute atomic E-state index is 13.1. The van der Waals surface area contributed by atoms with Crippen molar-refractivity contribution in [1.29, 1.82) is 0 Å². The zero-order valence-corrected chi connectivity index (χ0v) is 18.1. The predicted molar refractivity (Wildman–Crippen MR) is 115 cm³/mol. The smallest absolute Gasteiger partial charge is 0.338 e. The van der Waals surface area contributed by atoms with Gasteiger partial charge in [0.15, 0.2) is 17.3 Å². The Labute approximate surface area is 185 Å². The van der Waals surface area contributed by atoms with Gasteiger partial charge in [0.1, 0.15) is 12.2 Å². The average molecular weight is 443 g/mol. The third-order valence-electron chi connectivity index (χ3n) is 5.76. The molecule has 0 radical (unpaired) electrons. The van der Waals surface area contributed by atoms with Crippen LogP contribution in [0.4, 0.5) is 0 Å². The molecule has 0 N–H and O–H groups in total. The number of benzene rings is 2. The summed E-state index contributed by atoms with van der Waals surface area (Å²) >= 11 is 6.25. The number of esters is 1. The lowest BCUT2D eigenvalue weighted by atomic mass is 9.78. The second kappa shape index (κ2) is 9.02. The molecule has 1 heterocycles. The first-order valence-electron chi connectivity index (χ1n) is 10.1. The number of allylic oxidation sites excluding steroid dienone is 1. The molecular formula is C24H23ClO6. The van der Waals surface area contributed by atoms with E-state index in [-0.39, 0.29) is 23.9 Å². The molecular weight excluding hydrogens is 420 g/mol. The third-order valence-corrected chi connectivity index (χ3v) is 6.09. The Hall–Kier alpha value is -2.99. The number of ether oxygens (including phenoxy) is 4. The van der Waals surface area contributed by atoms with Crippen molar-refractivity contribution in [2.75, 3.05) is 14.2 Å². The van der Waals surface area contributed by atoms with Crippen LogP contribution in [0.15, 0.2) is 48.7 Å². The summed E-state index contributed by atoms with van der Waals surface area (Å²) in [5.74, 6) is 0.300. The van der Waals surface area contributed by atoms with Crippen molar-refractivity contribution in [3.05, 3.63) is 64.9 Å². The van der Waals surface area contributed by atoms with Crippen LogP contribution in [-0.2, 0) is 14.3 Å². The standard InChI is InChI=1S/C24H23ClO6/c1-28-20-10-7-14(11-22(20)29-2)24(27)31-15-8-9-17-21(12-15)30-13-18(23(17)26)16-5-3-4-6-19(16)25/h3-7,10-11,13,15,17,21H,8-9,12H2,1-2H3. The van der Waals surface area contributed by atoms with Crippen molar-refractivity contribution < 1.29 is 28.5 Å². The van der Waals surface area contributed by atoms with E-state index in [0.717, 1.165) is 0 Å². The molecule has 0 amide bonds. The van der Waals surface area contributed by atoms with Gasteiger partial charge in [-0.25, -0.2) is 4.79 Å².